The lowest BCUT2D eigenvalue weighted by Gasteiger charge is -2.23. The number of hydrogen-bond donors (Lipinski definition) is 0. The highest BCUT2D eigenvalue weighted by Gasteiger charge is 2.36. The molecule has 0 aliphatic carbocycles. The summed E-state index contributed by atoms with van der Waals surface area (Å²) in [7, 11) is -3.65. The predicted octanol–water partition coefficient (Wildman–Crippen LogP) is 5.49. The normalized spacial score (nSPS) is 14.0. The van der Waals surface area contributed by atoms with Crippen LogP contribution in [0.15, 0.2) is 89.8 Å². The topological polar surface area (TPSA) is 34.1 Å². The van der Waals surface area contributed by atoms with Gasteiger partial charge in [0.1, 0.15) is 5.25 Å². The van der Waals surface area contributed by atoms with Crippen LogP contribution in [0.25, 0.3) is 0 Å². The van der Waals surface area contributed by atoms with Gasteiger partial charge in [0.05, 0.1) is 10.3 Å². The highest BCUT2D eigenvalue weighted by Crippen LogP contribution is 2.43. The summed E-state index contributed by atoms with van der Waals surface area (Å²) in [4.78, 5) is 0.286. The Morgan fingerprint density at radius 1 is 0.720 bits per heavy atom. The summed E-state index contributed by atoms with van der Waals surface area (Å²) in [6, 6.07) is 25.4. The summed E-state index contributed by atoms with van der Waals surface area (Å²) < 4.78 is 26.7. The van der Waals surface area contributed by atoms with E-state index in [0.29, 0.717) is 5.56 Å². The maximum absolute atomic E-state index is 13.4. The van der Waals surface area contributed by atoms with E-state index in [0.717, 1.165) is 11.1 Å². The molecule has 0 saturated heterocycles. The van der Waals surface area contributed by atoms with Gasteiger partial charge < -0.3 is 0 Å². The monoisotopic (exact) mass is 370 g/mol. The van der Waals surface area contributed by atoms with E-state index in [1.807, 2.05) is 67.6 Å². The van der Waals surface area contributed by atoms with Crippen LogP contribution in [0, 0.1) is 6.92 Å². The molecule has 0 amide bonds. The molecule has 0 N–H and O–H groups in total. The van der Waals surface area contributed by atoms with E-state index in [1.165, 1.54) is 0 Å². The third-order valence-electron chi connectivity index (χ3n) is 4.20. The molecule has 0 radical (unpaired) electrons. The van der Waals surface area contributed by atoms with Crippen LogP contribution in [-0.4, -0.2) is 8.42 Å². The van der Waals surface area contributed by atoms with E-state index in [9.17, 15) is 8.42 Å². The average molecular weight is 371 g/mol. The van der Waals surface area contributed by atoms with Gasteiger partial charge in [-0.3, -0.25) is 0 Å². The SMILES string of the molecule is Cc1ccc(S(=O)(=O)C(c2ccccc2)C(Cl)c2ccccc2)cc1. The van der Waals surface area contributed by atoms with E-state index in [2.05, 4.69) is 0 Å². The summed E-state index contributed by atoms with van der Waals surface area (Å²) in [5.41, 5.74) is 2.49. The average Bonchev–Trinajstić information content (AvgIpc) is 2.63. The van der Waals surface area contributed by atoms with Crippen molar-refractivity contribution in [1.82, 2.24) is 0 Å². The number of benzene rings is 3. The second kappa shape index (κ2) is 7.42. The van der Waals surface area contributed by atoms with Gasteiger partial charge in [-0.15, -0.1) is 11.6 Å². The van der Waals surface area contributed by atoms with Gasteiger partial charge in [0.25, 0.3) is 0 Å². The number of hydrogen-bond acceptors (Lipinski definition) is 2. The Labute approximate surface area is 154 Å². The van der Waals surface area contributed by atoms with Gasteiger partial charge in [0.2, 0.25) is 0 Å². The van der Waals surface area contributed by atoms with Crippen molar-refractivity contribution in [2.24, 2.45) is 0 Å². The zero-order valence-electron chi connectivity index (χ0n) is 13.8. The van der Waals surface area contributed by atoms with Gasteiger partial charge in [0, 0.05) is 0 Å². The standard InChI is InChI=1S/C21H19ClO2S/c1-16-12-14-19(15-13-16)25(23,24)21(18-10-6-3-7-11-18)20(22)17-8-4-2-5-9-17/h2-15,20-21H,1H3. The van der Waals surface area contributed by atoms with E-state index in [1.54, 1.807) is 24.3 Å². The Kier molecular flexibility index (Phi) is 5.26. The summed E-state index contributed by atoms with van der Waals surface area (Å²) >= 11 is 6.69. The van der Waals surface area contributed by atoms with Crippen molar-refractivity contribution in [1.29, 1.82) is 0 Å². The molecule has 4 heteroatoms. The third kappa shape index (κ3) is 3.78. The number of rotatable bonds is 5. The van der Waals surface area contributed by atoms with Crippen molar-refractivity contribution >= 4 is 21.4 Å². The van der Waals surface area contributed by atoms with Crippen LogP contribution in [0.2, 0.25) is 0 Å². The van der Waals surface area contributed by atoms with Gasteiger partial charge >= 0.3 is 0 Å². The minimum atomic E-state index is -3.65. The molecule has 0 saturated carbocycles. The van der Waals surface area contributed by atoms with Crippen LogP contribution in [-0.2, 0) is 9.84 Å². The first-order valence-corrected chi connectivity index (χ1v) is 10.0. The number of sulfone groups is 1. The quantitative estimate of drug-likeness (QED) is 0.556. The molecule has 0 bridgehead atoms. The molecular formula is C21H19ClO2S. The van der Waals surface area contributed by atoms with Gasteiger partial charge in [0.15, 0.2) is 9.84 Å². The predicted molar refractivity (Wildman–Crippen MR) is 103 cm³/mol. The fourth-order valence-electron chi connectivity index (χ4n) is 2.83. The molecule has 2 nitrogen and oxygen atoms in total. The molecule has 2 unspecified atom stereocenters. The lowest BCUT2D eigenvalue weighted by molar-refractivity contribution is 0.579. The molecule has 3 aromatic rings. The molecule has 3 aromatic carbocycles. The lowest BCUT2D eigenvalue weighted by Crippen LogP contribution is -2.18. The zero-order valence-corrected chi connectivity index (χ0v) is 15.4. The van der Waals surface area contributed by atoms with Crippen LogP contribution in [0.4, 0.5) is 0 Å². The Morgan fingerprint density at radius 3 is 1.72 bits per heavy atom. The molecule has 0 aliphatic rings. The molecule has 0 spiro atoms. The summed E-state index contributed by atoms with van der Waals surface area (Å²) in [6.45, 7) is 1.93. The highest BCUT2D eigenvalue weighted by atomic mass is 35.5. The van der Waals surface area contributed by atoms with E-state index in [-0.39, 0.29) is 4.90 Å². The van der Waals surface area contributed by atoms with E-state index in [4.69, 9.17) is 11.6 Å². The second-order valence-corrected chi connectivity index (χ2v) is 8.54. The first kappa shape index (κ1) is 17.7. The fraction of sp³-hybridized carbons (Fsp3) is 0.143. The van der Waals surface area contributed by atoms with Gasteiger partial charge in [-0.2, -0.15) is 0 Å². The molecule has 0 fully saturated rings. The van der Waals surface area contributed by atoms with Crippen LogP contribution < -0.4 is 0 Å². The minimum Gasteiger partial charge on any atom is -0.223 e. The van der Waals surface area contributed by atoms with Gasteiger partial charge in [-0.25, -0.2) is 8.42 Å². The largest absolute Gasteiger partial charge is 0.223 e. The smallest absolute Gasteiger partial charge is 0.187 e. The van der Waals surface area contributed by atoms with E-state index < -0.39 is 20.5 Å². The first-order chi connectivity index (χ1) is 12.0. The Bertz CT molecular complexity index is 921. The second-order valence-electron chi connectivity index (χ2n) is 6.00. The van der Waals surface area contributed by atoms with Gasteiger partial charge in [-0.05, 0) is 30.2 Å². The van der Waals surface area contributed by atoms with Crippen molar-refractivity contribution in [3.05, 3.63) is 102 Å². The fourth-order valence-corrected chi connectivity index (χ4v) is 5.33. The van der Waals surface area contributed by atoms with Crippen molar-refractivity contribution in [2.75, 3.05) is 0 Å². The molecule has 0 aliphatic heterocycles. The lowest BCUT2D eigenvalue weighted by atomic mass is 10.0. The van der Waals surface area contributed by atoms with E-state index >= 15 is 0 Å². The number of alkyl halides is 1. The van der Waals surface area contributed by atoms with Crippen LogP contribution in [0.1, 0.15) is 27.3 Å². The highest BCUT2D eigenvalue weighted by molar-refractivity contribution is 7.91. The zero-order chi connectivity index (χ0) is 17.9. The molecule has 3 rings (SSSR count). The molecule has 0 aromatic heterocycles. The summed E-state index contributed by atoms with van der Waals surface area (Å²) in [5, 5.41) is -1.55. The maximum Gasteiger partial charge on any atom is 0.187 e. The van der Waals surface area contributed by atoms with Crippen molar-refractivity contribution < 1.29 is 8.42 Å². The maximum atomic E-state index is 13.4. The first-order valence-electron chi connectivity index (χ1n) is 8.04. The van der Waals surface area contributed by atoms with Crippen molar-refractivity contribution in [3.63, 3.8) is 0 Å². The van der Waals surface area contributed by atoms with Crippen molar-refractivity contribution in [3.8, 4) is 0 Å². The molecule has 25 heavy (non-hydrogen) atoms. The van der Waals surface area contributed by atoms with Gasteiger partial charge in [-0.1, -0.05) is 78.4 Å². The van der Waals surface area contributed by atoms with Crippen molar-refractivity contribution in [2.45, 2.75) is 22.4 Å². The Hall–Kier alpha value is -2.10. The third-order valence-corrected chi connectivity index (χ3v) is 6.99. The Balaban J connectivity index is 2.13. The van der Waals surface area contributed by atoms with Crippen LogP contribution >= 0.6 is 11.6 Å². The molecule has 2 atom stereocenters. The summed E-state index contributed by atoms with van der Waals surface area (Å²) in [5.74, 6) is 0. The summed E-state index contributed by atoms with van der Waals surface area (Å²) in [6.07, 6.45) is 0. The molecular weight excluding hydrogens is 352 g/mol. The number of aryl methyl sites for hydroxylation is 1. The van der Waals surface area contributed by atoms with Crippen LogP contribution in [0.3, 0.4) is 0 Å². The Morgan fingerprint density at radius 2 is 1.20 bits per heavy atom. The molecule has 128 valence electrons. The number of halogens is 1. The minimum absolute atomic E-state index is 0.286. The van der Waals surface area contributed by atoms with Crippen LogP contribution in [0.5, 0.6) is 0 Å². The molecule has 0 heterocycles.